The van der Waals surface area contributed by atoms with Gasteiger partial charge in [-0.2, -0.15) is 0 Å². The van der Waals surface area contributed by atoms with Crippen molar-refractivity contribution in [2.24, 2.45) is 5.92 Å². The maximum atomic E-state index is 5.55. The van der Waals surface area contributed by atoms with E-state index in [1.54, 1.807) is 7.11 Å². The smallest absolute Gasteiger partial charge is 0.123 e. The summed E-state index contributed by atoms with van der Waals surface area (Å²) < 4.78 is 5.55. The molecule has 1 heterocycles. The molecule has 1 saturated heterocycles. The van der Waals surface area contributed by atoms with Gasteiger partial charge in [-0.15, -0.1) is 0 Å². The van der Waals surface area contributed by atoms with Crippen LogP contribution in [0.15, 0.2) is 18.2 Å². The zero-order valence-corrected chi connectivity index (χ0v) is 12.9. The third-order valence-corrected chi connectivity index (χ3v) is 5.05. The third kappa shape index (κ3) is 2.57. The van der Waals surface area contributed by atoms with E-state index in [0.717, 1.165) is 24.3 Å². The molecule has 3 heteroatoms. The molecule has 1 saturated carbocycles. The Labute approximate surface area is 122 Å². The first-order valence-electron chi connectivity index (χ1n) is 7.77. The van der Waals surface area contributed by atoms with E-state index in [1.165, 1.54) is 36.9 Å². The average Bonchev–Trinajstić information content (AvgIpc) is 3.07. The standard InChI is InChI=1S/C17H26N2O/c1-12-4-7-17(20-3)15(8-12)16(18-2)11-19-10-13-5-6-14(19)9-13/h4,7-8,13-14,16,18H,5-6,9-11H2,1-3H3. The predicted molar refractivity (Wildman–Crippen MR) is 82.2 cm³/mol. The van der Waals surface area contributed by atoms with Crippen LogP contribution in [0.4, 0.5) is 0 Å². The lowest BCUT2D eigenvalue weighted by Crippen LogP contribution is -2.38. The Morgan fingerprint density at radius 2 is 2.25 bits per heavy atom. The van der Waals surface area contributed by atoms with Crippen LogP contribution in [-0.2, 0) is 0 Å². The minimum atomic E-state index is 0.351. The van der Waals surface area contributed by atoms with E-state index in [2.05, 4.69) is 42.4 Å². The fraction of sp³-hybridized carbons (Fsp3) is 0.647. The van der Waals surface area contributed by atoms with Crippen LogP contribution in [0.5, 0.6) is 5.75 Å². The lowest BCUT2D eigenvalue weighted by molar-refractivity contribution is 0.193. The first kappa shape index (κ1) is 13.9. The summed E-state index contributed by atoms with van der Waals surface area (Å²) >= 11 is 0. The normalized spacial score (nSPS) is 26.9. The highest BCUT2D eigenvalue weighted by atomic mass is 16.5. The molecule has 2 aliphatic rings. The van der Waals surface area contributed by atoms with Crippen molar-refractivity contribution in [1.82, 2.24) is 10.2 Å². The van der Waals surface area contributed by atoms with Crippen molar-refractivity contribution in [3.8, 4) is 5.75 Å². The molecular weight excluding hydrogens is 248 g/mol. The molecule has 1 N–H and O–H groups in total. The number of hydrogen-bond donors (Lipinski definition) is 1. The highest BCUT2D eigenvalue weighted by Crippen LogP contribution is 2.38. The maximum Gasteiger partial charge on any atom is 0.123 e. The number of aryl methyl sites for hydroxylation is 1. The fourth-order valence-electron chi connectivity index (χ4n) is 3.96. The van der Waals surface area contributed by atoms with Crippen molar-refractivity contribution in [1.29, 1.82) is 0 Å². The Hall–Kier alpha value is -1.06. The predicted octanol–water partition coefficient (Wildman–Crippen LogP) is 2.75. The molecule has 0 radical (unpaired) electrons. The minimum Gasteiger partial charge on any atom is -0.496 e. The number of fused-ring (bicyclic) bond motifs is 2. The molecule has 0 spiro atoms. The number of likely N-dealkylation sites (N-methyl/N-ethyl adjacent to an activating group) is 1. The molecule has 2 bridgehead atoms. The van der Waals surface area contributed by atoms with E-state index in [9.17, 15) is 0 Å². The quantitative estimate of drug-likeness (QED) is 0.893. The summed E-state index contributed by atoms with van der Waals surface area (Å²) in [6.45, 7) is 4.53. The fourth-order valence-corrected chi connectivity index (χ4v) is 3.96. The maximum absolute atomic E-state index is 5.55. The van der Waals surface area contributed by atoms with Crippen LogP contribution in [0.25, 0.3) is 0 Å². The van der Waals surface area contributed by atoms with Gasteiger partial charge in [-0.3, -0.25) is 4.90 Å². The van der Waals surface area contributed by atoms with Gasteiger partial charge in [0, 0.05) is 30.7 Å². The van der Waals surface area contributed by atoms with Gasteiger partial charge in [-0.25, -0.2) is 0 Å². The molecule has 3 rings (SSSR count). The Balaban J connectivity index is 1.77. The van der Waals surface area contributed by atoms with Crippen LogP contribution in [0.1, 0.15) is 36.4 Å². The number of piperidine rings is 1. The van der Waals surface area contributed by atoms with E-state index in [1.807, 2.05) is 0 Å². The Kier molecular flexibility index (Phi) is 3.99. The summed E-state index contributed by atoms with van der Waals surface area (Å²) in [5, 5.41) is 3.48. The summed E-state index contributed by atoms with van der Waals surface area (Å²) in [5.74, 6) is 1.95. The van der Waals surface area contributed by atoms with Crippen LogP contribution >= 0.6 is 0 Å². The summed E-state index contributed by atoms with van der Waals surface area (Å²) in [7, 11) is 3.82. The number of likely N-dealkylation sites (tertiary alicyclic amines) is 1. The first-order chi connectivity index (χ1) is 9.71. The lowest BCUT2D eigenvalue weighted by Gasteiger charge is -2.31. The van der Waals surface area contributed by atoms with Gasteiger partial charge in [-0.1, -0.05) is 17.7 Å². The summed E-state index contributed by atoms with van der Waals surface area (Å²) in [6.07, 6.45) is 4.26. The number of nitrogens with one attached hydrogen (secondary N) is 1. The largest absolute Gasteiger partial charge is 0.496 e. The second kappa shape index (κ2) is 5.74. The molecule has 2 fully saturated rings. The van der Waals surface area contributed by atoms with Crippen molar-refractivity contribution in [2.45, 2.75) is 38.3 Å². The molecule has 3 nitrogen and oxygen atoms in total. The molecule has 3 atom stereocenters. The van der Waals surface area contributed by atoms with Crippen LogP contribution in [0, 0.1) is 12.8 Å². The molecule has 20 heavy (non-hydrogen) atoms. The summed E-state index contributed by atoms with van der Waals surface area (Å²) in [4.78, 5) is 2.68. The molecule has 0 amide bonds. The number of ether oxygens (including phenoxy) is 1. The molecular formula is C17H26N2O. The summed E-state index contributed by atoms with van der Waals surface area (Å²) in [6, 6.07) is 7.64. The third-order valence-electron chi connectivity index (χ3n) is 5.05. The van der Waals surface area contributed by atoms with E-state index < -0.39 is 0 Å². The topological polar surface area (TPSA) is 24.5 Å². The second-order valence-corrected chi connectivity index (χ2v) is 6.37. The zero-order valence-electron chi connectivity index (χ0n) is 12.9. The Morgan fingerprint density at radius 3 is 2.85 bits per heavy atom. The minimum absolute atomic E-state index is 0.351. The SMILES string of the molecule is CNC(CN1CC2CCC1C2)c1cc(C)ccc1OC. The number of nitrogens with zero attached hydrogens (tertiary/aromatic N) is 1. The first-order valence-corrected chi connectivity index (χ1v) is 7.77. The number of methoxy groups -OCH3 is 1. The Bertz CT molecular complexity index is 474. The Morgan fingerprint density at radius 1 is 1.40 bits per heavy atom. The van der Waals surface area contributed by atoms with E-state index >= 15 is 0 Å². The highest BCUT2D eigenvalue weighted by molar-refractivity contribution is 5.39. The number of benzene rings is 1. The molecule has 110 valence electrons. The second-order valence-electron chi connectivity index (χ2n) is 6.37. The lowest BCUT2D eigenvalue weighted by atomic mass is 10.0. The van der Waals surface area contributed by atoms with Crippen LogP contribution in [0.3, 0.4) is 0 Å². The van der Waals surface area contributed by atoms with Crippen molar-refractivity contribution in [2.75, 3.05) is 27.2 Å². The van der Waals surface area contributed by atoms with Gasteiger partial charge in [0.25, 0.3) is 0 Å². The molecule has 1 aromatic carbocycles. The monoisotopic (exact) mass is 274 g/mol. The van der Waals surface area contributed by atoms with Gasteiger partial charge in [0.2, 0.25) is 0 Å². The molecule has 1 aliphatic heterocycles. The average molecular weight is 274 g/mol. The zero-order chi connectivity index (χ0) is 14.1. The van der Waals surface area contributed by atoms with Crippen molar-refractivity contribution < 1.29 is 4.74 Å². The molecule has 1 aromatic rings. The van der Waals surface area contributed by atoms with Crippen LogP contribution in [-0.4, -0.2) is 38.2 Å². The summed E-state index contributed by atoms with van der Waals surface area (Å²) in [5.41, 5.74) is 2.58. The number of hydrogen-bond acceptors (Lipinski definition) is 3. The molecule has 0 aromatic heterocycles. The van der Waals surface area contributed by atoms with Gasteiger partial charge in [-0.05, 0) is 45.2 Å². The van der Waals surface area contributed by atoms with Gasteiger partial charge in [0.1, 0.15) is 5.75 Å². The van der Waals surface area contributed by atoms with Crippen molar-refractivity contribution >= 4 is 0 Å². The molecule has 1 aliphatic carbocycles. The van der Waals surface area contributed by atoms with E-state index in [-0.39, 0.29) is 0 Å². The van der Waals surface area contributed by atoms with Gasteiger partial charge in [0.05, 0.1) is 7.11 Å². The van der Waals surface area contributed by atoms with Gasteiger partial charge in [0.15, 0.2) is 0 Å². The van der Waals surface area contributed by atoms with E-state index in [0.29, 0.717) is 6.04 Å². The van der Waals surface area contributed by atoms with Crippen molar-refractivity contribution in [3.05, 3.63) is 29.3 Å². The highest BCUT2D eigenvalue weighted by Gasteiger charge is 2.38. The van der Waals surface area contributed by atoms with Crippen LogP contribution in [0.2, 0.25) is 0 Å². The van der Waals surface area contributed by atoms with E-state index in [4.69, 9.17) is 4.74 Å². The number of rotatable bonds is 5. The van der Waals surface area contributed by atoms with Crippen molar-refractivity contribution in [3.63, 3.8) is 0 Å². The van der Waals surface area contributed by atoms with Gasteiger partial charge >= 0.3 is 0 Å². The molecule has 3 unspecified atom stereocenters. The van der Waals surface area contributed by atoms with Gasteiger partial charge < -0.3 is 10.1 Å². The van der Waals surface area contributed by atoms with Crippen LogP contribution < -0.4 is 10.1 Å².